The monoisotopic (exact) mass is 445 g/mol. The van der Waals surface area contributed by atoms with Crippen molar-refractivity contribution >= 4 is 5.78 Å². The van der Waals surface area contributed by atoms with Gasteiger partial charge in [0.2, 0.25) is 0 Å². The molecule has 1 aromatic heterocycles. The predicted octanol–water partition coefficient (Wildman–Crippen LogP) is 5.24. The van der Waals surface area contributed by atoms with Crippen LogP contribution in [0.25, 0.3) is 5.69 Å². The van der Waals surface area contributed by atoms with Crippen LogP contribution in [0.1, 0.15) is 42.7 Å². The molecule has 0 amide bonds. The molecule has 0 radical (unpaired) electrons. The van der Waals surface area contributed by atoms with Crippen LogP contribution < -0.4 is 4.74 Å². The SMILES string of the molecule is COc1cc(-n2cc(CCC(C)C)nn2)ccc1CC(=O)Cc1ccccc1C(F)(F)F. The number of alkyl halides is 3. The Morgan fingerprint density at radius 1 is 1.09 bits per heavy atom. The second-order valence-corrected chi connectivity index (χ2v) is 8.13. The smallest absolute Gasteiger partial charge is 0.416 e. The van der Waals surface area contributed by atoms with Crippen LogP contribution in [0, 0.1) is 5.92 Å². The van der Waals surface area contributed by atoms with Gasteiger partial charge in [-0.2, -0.15) is 13.2 Å². The fourth-order valence-electron chi connectivity index (χ4n) is 3.44. The Morgan fingerprint density at radius 3 is 2.50 bits per heavy atom. The summed E-state index contributed by atoms with van der Waals surface area (Å²) in [6.07, 6.45) is -1.13. The maximum absolute atomic E-state index is 13.2. The van der Waals surface area contributed by atoms with Gasteiger partial charge in [-0.25, -0.2) is 4.68 Å². The summed E-state index contributed by atoms with van der Waals surface area (Å²) in [6.45, 7) is 4.30. The second-order valence-electron chi connectivity index (χ2n) is 8.13. The van der Waals surface area contributed by atoms with Gasteiger partial charge in [0, 0.05) is 24.5 Å². The van der Waals surface area contributed by atoms with Crippen LogP contribution in [0.15, 0.2) is 48.7 Å². The number of hydrogen-bond donors (Lipinski definition) is 0. The molecule has 0 aliphatic carbocycles. The van der Waals surface area contributed by atoms with Crippen molar-refractivity contribution in [1.29, 1.82) is 0 Å². The lowest BCUT2D eigenvalue weighted by Gasteiger charge is -2.13. The van der Waals surface area contributed by atoms with E-state index in [9.17, 15) is 18.0 Å². The molecule has 0 saturated carbocycles. The maximum atomic E-state index is 13.2. The van der Waals surface area contributed by atoms with E-state index in [4.69, 9.17) is 4.74 Å². The molecule has 2 aromatic carbocycles. The average Bonchev–Trinajstić information content (AvgIpc) is 3.21. The Balaban J connectivity index is 1.74. The van der Waals surface area contributed by atoms with Crippen molar-refractivity contribution in [2.45, 2.75) is 45.7 Å². The Morgan fingerprint density at radius 2 is 1.81 bits per heavy atom. The molecule has 3 rings (SSSR count). The van der Waals surface area contributed by atoms with Crippen molar-refractivity contribution in [3.05, 3.63) is 71.0 Å². The van der Waals surface area contributed by atoms with Gasteiger partial charge >= 0.3 is 6.18 Å². The molecule has 0 atom stereocenters. The molecule has 0 N–H and O–H groups in total. The number of Topliss-reactive ketones (excluding diaryl/α,β-unsaturated/α-hetero) is 1. The van der Waals surface area contributed by atoms with E-state index in [1.807, 2.05) is 6.20 Å². The zero-order chi connectivity index (χ0) is 23.3. The minimum absolute atomic E-state index is 0.0304. The summed E-state index contributed by atoms with van der Waals surface area (Å²) in [5, 5.41) is 8.35. The maximum Gasteiger partial charge on any atom is 0.416 e. The van der Waals surface area contributed by atoms with Crippen molar-refractivity contribution in [1.82, 2.24) is 15.0 Å². The van der Waals surface area contributed by atoms with Crippen molar-refractivity contribution in [2.24, 2.45) is 5.92 Å². The van der Waals surface area contributed by atoms with E-state index >= 15 is 0 Å². The zero-order valence-corrected chi connectivity index (χ0v) is 18.3. The highest BCUT2D eigenvalue weighted by atomic mass is 19.4. The quantitative estimate of drug-likeness (QED) is 0.452. The Bertz CT molecular complexity index is 1070. The van der Waals surface area contributed by atoms with E-state index in [2.05, 4.69) is 24.2 Å². The van der Waals surface area contributed by atoms with Gasteiger partial charge in [0.1, 0.15) is 11.5 Å². The number of ketones is 1. The van der Waals surface area contributed by atoms with E-state index in [1.165, 1.54) is 25.3 Å². The first-order valence-corrected chi connectivity index (χ1v) is 10.4. The lowest BCUT2D eigenvalue weighted by atomic mass is 9.98. The average molecular weight is 445 g/mol. The van der Waals surface area contributed by atoms with Crippen molar-refractivity contribution < 1.29 is 22.7 Å². The van der Waals surface area contributed by atoms with Gasteiger partial charge in [0.25, 0.3) is 0 Å². The fraction of sp³-hybridized carbons (Fsp3) is 0.375. The first-order valence-electron chi connectivity index (χ1n) is 10.4. The number of benzene rings is 2. The van der Waals surface area contributed by atoms with Gasteiger partial charge < -0.3 is 4.74 Å². The molecule has 8 heteroatoms. The fourth-order valence-corrected chi connectivity index (χ4v) is 3.44. The molecule has 1 heterocycles. The third-order valence-corrected chi connectivity index (χ3v) is 5.15. The highest BCUT2D eigenvalue weighted by Gasteiger charge is 2.33. The molecule has 3 aromatic rings. The molecule has 0 unspecified atom stereocenters. The minimum atomic E-state index is -4.50. The third kappa shape index (κ3) is 5.96. The molecule has 0 fully saturated rings. The van der Waals surface area contributed by atoms with Crippen LogP contribution in [-0.2, 0) is 30.2 Å². The Labute approximate surface area is 185 Å². The number of rotatable bonds is 9. The molecule has 0 aliphatic heterocycles. The van der Waals surface area contributed by atoms with E-state index < -0.39 is 11.7 Å². The van der Waals surface area contributed by atoms with Gasteiger partial charge in [-0.3, -0.25) is 4.79 Å². The molecule has 5 nitrogen and oxygen atoms in total. The summed E-state index contributed by atoms with van der Waals surface area (Å²) in [6, 6.07) is 10.4. The first kappa shape index (κ1) is 23.5. The van der Waals surface area contributed by atoms with Gasteiger partial charge in [-0.15, -0.1) is 5.10 Å². The number of hydrogen-bond acceptors (Lipinski definition) is 4. The number of carbonyl (C=O) groups excluding carboxylic acids is 1. The molecule has 170 valence electrons. The summed E-state index contributed by atoms with van der Waals surface area (Å²) in [7, 11) is 1.49. The molecule has 32 heavy (non-hydrogen) atoms. The normalized spacial score (nSPS) is 11.7. The summed E-state index contributed by atoms with van der Waals surface area (Å²) >= 11 is 0. The van der Waals surface area contributed by atoms with E-state index in [1.54, 1.807) is 22.9 Å². The lowest BCUT2D eigenvalue weighted by Crippen LogP contribution is -2.14. The topological polar surface area (TPSA) is 57.0 Å². The summed E-state index contributed by atoms with van der Waals surface area (Å²) < 4.78 is 46.7. The molecule has 0 aliphatic rings. The van der Waals surface area contributed by atoms with E-state index in [0.29, 0.717) is 17.2 Å². The third-order valence-electron chi connectivity index (χ3n) is 5.15. The number of ether oxygens (including phenoxy) is 1. The van der Waals surface area contributed by atoms with Crippen LogP contribution in [0.4, 0.5) is 13.2 Å². The van der Waals surface area contributed by atoms with Crippen LogP contribution in [-0.4, -0.2) is 27.9 Å². The Hall–Kier alpha value is -3.16. The predicted molar refractivity (Wildman–Crippen MR) is 115 cm³/mol. The van der Waals surface area contributed by atoms with Crippen LogP contribution >= 0.6 is 0 Å². The summed E-state index contributed by atoms with van der Waals surface area (Å²) in [5.41, 5.74) is 1.40. The minimum Gasteiger partial charge on any atom is -0.496 e. The highest BCUT2D eigenvalue weighted by Crippen LogP contribution is 2.32. The van der Waals surface area contributed by atoms with Gasteiger partial charge in [-0.05, 0) is 36.5 Å². The molecule has 0 spiro atoms. The van der Waals surface area contributed by atoms with Crippen LogP contribution in [0.5, 0.6) is 5.75 Å². The Kier molecular flexibility index (Phi) is 7.33. The first-order chi connectivity index (χ1) is 15.2. The zero-order valence-electron chi connectivity index (χ0n) is 18.3. The van der Waals surface area contributed by atoms with Gasteiger partial charge in [-0.1, -0.05) is 43.3 Å². The standard InChI is InChI=1S/C24H26F3N3O2/c1-16(2)8-10-19-15-30(29-28-19)20-11-9-18(23(14-20)32-3)13-21(31)12-17-6-4-5-7-22(17)24(25,26)27/h4-7,9,11,14-16H,8,10,12-13H2,1-3H3. The van der Waals surface area contributed by atoms with E-state index in [0.717, 1.165) is 30.3 Å². The van der Waals surface area contributed by atoms with E-state index in [-0.39, 0.29) is 24.2 Å². The molecule has 0 saturated heterocycles. The second kappa shape index (κ2) is 9.97. The van der Waals surface area contributed by atoms with Crippen LogP contribution in [0.3, 0.4) is 0 Å². The molecular formula is C24H26F3N3O2. The largest absolute Gasteiger partial charge is 0.496 e. The number of aromatic nitrogens is 3. The highest BCUT2D eigenvalue weighted by molar-refractivity contribution is 5.84. The number of carbonyl (C=O) groups is 1. The number of methoxy groups -OCH3 is 1. The van der Waals surface area contributed by atoms with Crippen LogP contribution in [0.2, 0.25) is 0 Å². The van der Waals surface area contributed by atoms with Crippen molar-refractivity contribution in [2.75, 3.05) is 7.11 Å². The lowest BCUT2D eigenvalue weighted by molar-refractivity contribution is -0.138. The molecule has 0 bridgehead atoms. The van der Waals surface area contributed by atoms with Crippen molar-refractivity contribution in [3.63, 3.8) is 0 Å². The molecular weight excluding hydrogens is 419 g/mol. The number of halogens is 3. The van der Waals surface area contributed by atoms with Gasteiger partial charge in [0.15, 0.2) is 0 Å². The number of aryl methyl sites for hydroxylation is 1. The number of nitrogens with zero attached hydrogens (tertiary/aromatic N) is 3. The van der Waals surface area contributed by atoms with Crippen molar-refractivity contribution in [3.8, 4) is 11.4 Å². The van der Waals surface area contributed by atoms with Gasteiger partial charge in [0.05, 0.1) is 30.3 Å². The summed E-state index contributed by atoms with van der Waals surface area (Å²) in [5.74, 6) is 0.712. The summed E-state index contributed by atoms with van der Waals surface area (Å²) in [4.78, 5) is 12.6.